The van der Waals surface area contributed by atoms with E-state index in [1.54, 1.807) is 21.3 Å². The fourth-order valence-corrected chi connectivity index (χ4v) is 3.85. The second-order valence-corrected chi connectivity index (χ2v) is 6.97. The molecule has 4 nitrogen and oxygen atoms in total. The van der Waals surface area contributed by atoms with Gasteiger partial charge < -0.3 is 19.5 Å². The molecule has 0 amide bonds. The Balaban J connectivity index is 1.77. The number of nitrogens with one attached hydrogen (secondary N) is 1. The molecule has 1 unspecified atom stereocenters. The van der Waals surface area contributed by atoms with Crippen LogP contribution in [0.5, 0.6) is 17.2 Å². The predicted molar refractivity (Wildman–Crippen MR) is 105 cm³/mol. The van der Waals surface area contributed by atoms with Crippen LogP contribution >= 0.6 is 0 Å². The third kappa shape index (κ3) is 3.65. The highest BCUT2D eigenvalue weighted by molar-refractivity contribution is 5.53. The van der Waals surface area contributed by atoms with Gasteiger partial charge in [0.05, 0.1) is 21.3 Å². The van der Waals surface area contributed by atoms with Crippen molar-refractivity contribution in [2.45, 2.75) is 45.7 Å². The molecule has 1 N–H and O–H groups in total. The summed E-state index contributed by atoms with van der Waals surface area (Å²) in [4.78, 5) is 0. The Bertz CT molecular complexity index is 760. The zero-order valence-electron chi connectivity index (χ0n) is 16.4. The van der Waals surface area contributed by atoms with Gasteiger partial charge in [-0.1, -0.05) is 12.1 Å². The number of aryl methyl sites for hydroxylation is 3. The van der Waals surface area contributed by atoms with E-state index in [0.29, 0.717) is 17.2 Å². The van der Waals surface area contributed by atoms with Crippen LogP contribution in [0.2, 0.25) is 0 Å². The lowest BCUT2D eigenvalue weighted by molar-refractivity contribution is 0.323. The van der Waals surface area contributed by atoms with E-state index in [2.05, 4.69) is 31.3 Å². The molecule has 2 aromatic rings. The van der Waals surface area contributed by atoms with Crippen molar-refractivity contribution < 1.29 is 14.2 Å². The highest BCUT2D eigenvalue weighted by atomic mass is 16.5. The third-order valence-electron chi connectivity index (χ3n) is 5.28. The second kappa shape index (κ2) is 8.00. The van der Waals surface area contributed by atoms with Crippen molar-refractivity contribution in [1.29, 1.82) is 0 Å². The van der Waals surface area contributed by atoms with Gasteiger partial charge in [0.1, 0.15) is 0 Å². The van der Waals surface area contributed by atoms with Gasteiger partial charge >= 0.3 is 0 Å². The molecule has 0 saturated heterocycles. The topological polar surface area (TPSA) is 39.7 Å². The SMILES string of the molecule is COc1cc(CNC(C)c2cc3c(cc2C)CCC3)cc(OC)c1OC. The van der Waals surface area contributed by atoms with Gasteiger partial charge in [-0.25, -0.2) is 0 Å². The Kier molecular flexibility index (Phi) is 5.72. The lowest BCUT2D eigenvalue weighted by Gasteiger charge is -2.19. The van der Waals surface area contributed by atoms with Gasteiger partial charge in [-0.3, -0.25) is 0 Å². The average molecular weight is 355 g/mol. The maximum Gasteiger partial charge on any atom is 0.203 e. The van der Waals surface area contributed by atoms with Crippen molar-refractivity contribution >= 4 is 0 Å². The first-order valence-electron chi connectivity index (χ1n) is 9.22. The summed E-state index contributed by atoms with van der Waals surface area (Å²) >= 11 is 0. The second-order valence-electron chi connectivity index (χ2n) is 6.97. The van der Waals surface area contributed by atoms with Crippen LogP contribution in [0.1, 0.15) is 47.2 Å². The zero-order valence-corrected chi connectivity index (χ0v) is 16.4. The minimum atomic E-state index is 0.278. The van der Waals surface area contributed by atoms with Crippen LogP contribution in [0.15, 0.2) is 24.3 Å². The third-order valence-corrected chi connectivity index (χ3v) is 5.28. The first-order valence-corrected chi connectivity index (χ1v) is 9.22. The van der Waals surface area contributed by atoms with Crippen molar-refractivity contribution in [2.24, 2.45) is 0 Å². The molecule has 0 aliphatic heterocycles. The van der Waals surface area contributed by atoms with E-state index in [1.165, 1.54) is 41.5 Å². The number of hydrogen-bond acceptors (Lipinski definition) is 4. The molecule has 1 aliphatic carbocycles. The molecule has 0 bridgehead atoms. The molecular formula is C22H29NO3. The quantitative estimate of drug-likeness (QED) is 0.801. The Morgan fingerprint density at radius 2 is 1.54 bits per heavy atom. The van der Waals surface area contributed by atoms with Crippen LogP contribution in [-0.2, 0) is 19.4 Å². The molecule has 0 saturated carbocycles. The summed E-state index contributed by atoms with van der Waals surface area (Å²) in [6.07, 6.45) is 3.72. The fourth-order valence-electron chi connectivity index (χ4n) is 3.85. The Hall–Kier alpha value is -2.20. The van der Waals surface area contributed by atoms with Gasteiger partial charge in [0, 0.05) is 12.6 Å². The summed E-state index contributed by atoms with van der Waals surface area (Å²) < 4.78 is 16.3. The van der Waals surface area contributed by atoms with Crippen LogP contribution in [0.3, 0.4) is 0 Å². The maximum atomic E-state index is 5.45. The van der Waals surface area contributed by atoms with E-state index in [-0.39, 0.29) is 6.04 Å². The van der Waals surface area contributed by atoms with Gasteiger partial charge in [0.25, 0.3) is 0 Å². The van der Waals surface area contributed by atoms with Gasteiger partial charge in [-0.15, -0.1) is 0 Å². The van der Waals surface area contributed by atoms with Crippen molar-refractivity contribution in [2.75, 3.05) is 21.3 Å². The minimum Gasteiger partial charge on any atom is -0.493 e. The predicted octanol–water partition coefficient (Wildman–Crippen LogP) is 4.36. The highest BCUT2D eigenvalue weighted by Crippen LogP contribution is 2.38. The number of benzene rings is 2. The largest absolute Gasteiger partial charge is 0.493 e. The Morgan fingerprint density at radius 3 is 2.12 bits per heavy atom. The van der Waals surface area contributed by atoms with Crippen LogP contribution in [0.25, 0.3) is 0 Å². The van der Waals surface area contributed by atoms with Gasteiger partial charge in [-0.2, -0.15) is 0 Å². The normalized spacial score (nSPS) is 14.0. The summed E-state index contributed by atoms with van der Waals surface area (Å²) in [5.41, 5.74) is 6.91. The first-order chi connectivity index (χ1) is 12.6. The van der Waals surface area contributed by atoms with Crippen molar-refractivity contribution in [3.63, 3.8) is 0 Å². The molecule has 0 spiro atoms. The van der Waals surface area contributed by atoms with Crippen LogP contribution in [0.4, 0.5) is 0 Å². The summed E-state index contributed by atoms with van der Waals surface area (Å²) in [7, 11) is 4.91. The van der Waals surface area contributed by atoms with E-state index in [1.807, 2.05) is 12.1 Å². The molecule has 0 fully saturated rings. The van der Waals surface area contributed by atoms with Crippen molar-refractivity contribution in [1.82, 2.24) is 5.32 Å². The summed E-state index contributed by atoms with van der Waals surface area (Å²) in [5, 5.41) is 3.64. The van der Waals surface area contributed by atoms with Crippen LogP contribution < -0.4 is 19.5 Å². The zero-order chi connectivity index (χ0) is 18.7. The molecule has 1 aliphatic rings. The molecule has 0 radical (unpaired) electrons. The lowest BCUT2D eigenvalue weighted by Crippen LogP contribution is -2.19. The smallest absolute Gasteiger partial charge is 0.203 e. The van der Waals surface area contributed by atoms with E-state index in [9.17, 15) is 0 Å². The van der Waals surface area contributed by atoms with Crippen LogP contribution in [-0.4, -0.2) is 21.3 Å². The molecule has 1 atom stereocenters. The minimum absolute atomic E-state index is 0.278. The molecule has 3 rings (SSSR count). The van der Waals surface area contributed by atoms with Crippen LogP contribution in [0, 0.1) is 6.92 Å². The number of methoxy groups -OCH3 is 3. The van der Waals surface area contributed by atoms with E-state index in [0.717, 1.165) is 12.1 Å². The van der Waals surface area contributed by atoms with Crippen molar-refractivity contribution in [3.05, 3.63) is 52.1 Å². The number of ether oxygens (including phenoxy) is 3. The Morgan fingerprint density at radius 1 is 0.923 bits per heavy atom. The molecular weight excluding hydrogens is 326 g/mol. The average Bonchev–Trinajstić information content (AvgIpc) is 3.11. The standard InChI is InChI=1S/C22H29NO3/c1-14-9-17-7-6-8-18(17)12-19(14)15(2)23-13-16-10-20(24-3)22(26-5)21(11-16)25-4/h9-12,15,23H,6-8,13H2,1-5H3. The fraction of sp³-hybridized carbons (Fsp3) is 0.455. The highest BCUT2D eigenvalue weighted by Gasteiger charge is 2.17. The van der Waals surface area contributed by atoms with Gasteiger partial charge in [0.2, 0.25) is 5.75 Å². The Labute approximate surface area is 156 Å². The number of fused-ring (bicyclic) bond motifs is 1. The lowest BCUT2D eigenvalue weighted by atomic mass is 9.96. The summed E-state index contributed by atoms with van der Waals surface area (Å²) in [5.74, 6) is 2.00. The molecule has 2 aromatic carbocycles. The van der Waals surface area contributed by atoms with Gasteiger partial charge in [-0.05, 0) is 73.1 Å². The summed E-state index contributed by atoms with van der Waals surface area (Å²) in [6.45, 7) is 5.17. The first kappa shape index (κ1) is 18.6. The van der Waals surface area contributed by atoms with E-state index < -0.39 is 0 Å². The van der Waals surface area contributed by atoms with E-state index >= 15 is 0 Å². The maximum absolute atomic E-state index is 5.45. The molecule has 26 heavy (non-hydrogen) atoms. The molecule has 0 heterocycles. The number of rotatable bonds is 7. The van der Waals surface area contributed by atoms with E-state index in [4.69, 9.17) is 14.2 Å². The molecule has 4 heteroatoms. The monoisotopic (exact) mass is 355 g/mol. The van der Waals surface area contributed by atoms with Gasteiger partial charge in [0.15, 0.2) is 11.5 Å². The van der Waals surface area contributed by atoms with Crippen molar-refractivity contribution in [3.8, 4) is 17.2 Å². The summed E-state index contributed by atoms with van der Waals surface area (Å²) in [6, 6.07) is 9.03. The molecule has 140 valence electrons. The molecule has 0 aromatic heterocycles. The number of hydrogen-bond donors (Lipinski definition) is 1.